The predicted octanol–water partition coefficient (Wildman–Crippen LogP) is 6.17. The van der Waals surface area contributed by atoms with E-state index in [4.69, 9.17) is 4.74 Å². The maximum absolute atomic E-state index is 12.5. The molecule has 0 saturated heterocycles. The van der Waals surface area contributed by atoms with Gasteiger partial charge in [-0.25, -0.2) is 0 Å². The lowest BCUT2D eigenvalue weighted by atomic mass is 10.0. The summed E-state index contributed by atoms with van der Waals surface area (Å²) in [7, 11) is 0. The van der Waals surface area contributed by atoms with E-state index in [2.05, 4.69) is 48.5 Å². The van der Waals surface area contributed by atoms with Gasteiger partial charge in [-0.2, -0.15) is 0 Å². The van der Waals surface area contributed by atoms with Gasteiger partial charge >= 0.3 is 0 Å². The first kappa shape index (κ1) is 23.1. The number of rotatable bonds is 10. The van der Waals surface area contributed by atoms with Crippen molar-refractivity contribution in [1.29, 1.82) is 0 Å². The number of hydrogen-bond acceptors (Lipinski definition) is 5. The summed E-state index contributed by atoms with van der Waals surface area (Å²) in [6, 6.07) is 17.5. The summed E-state index contributed by atoms with van der Waals surface area (Å²) < 4.78 is 8.42. The van der Waals surface area contributed by atoms with Gasteiger partial charge in [0, 0.05) is 12.1 Å². The van der Waals surface area contributed by atoms with Crippen molar-refractivity contribution < 1.29 is 9.53 Å². The number of thioether (sulfide) groups is 1. The summed E-state index contributed by atoms with van der Waals surface area (Å²) in [6.45, 7) is 11.4. The zero-order chi connectivity index (χ0) is 22.4. The maximum Gasteiger partial charge on any atom is 0.191 e. The van der Waals surface area contributed by atoms with Crippen LogP contribution in [0.25, 0.3) is 0 Å². The van der Waals surface area contributed by atoms with Gasteiger partial charge in [0.2, 0.25) is 0 Å². The van der Waals surface area contributed by atoms with E-state index in [1.54, 1.807) is 0 Å². The Morgan fingerprint density at radius 3 is 2.32 bits per heavy atom. The third kappa shape index (κ3) is 5.97. The second kappa shape index (κ2) is 10.6. The average molecular weight is 438 g/mol. The molecule has 0 aliphatic rings. The van der Waals surface area contributed by atoms with Crippen molar-refractivity contribution in [3.05, 3.63) is 71.5 Å². The van der Waals surface area contributed by atoms with Crippen molar-refractivity contribution in [3.8, 4) is 5.75 Å². The Morgan fingerprint density at radius 2 is 1.65 bits per heavy atom. The zero-order valence-corrected chi connectivity index (χ0v) is 19.7. The number of benzene rings is 2. The number of ether oxygens (including phenoxy) is 1. The van der Waals surface area contributed by atoms with E-state index < -0.39 is 0 Å². The number of hydrogen-bond donors (Lipinski definition) is 0. The minimum Gasteiger partial charge on any atom is -0.482 e. The van der Waals surface area contributed by atoms with Crippen molar-refractivity contribution in [1.82, 2.24) is 14.8 Å². The largest absolute Gasteiger partial charge is 0.482 e. The minimum atomic E-state index is -0.259. The third-order valence-electron chi connectivity index (χ3n) is 4.93. The van der Waals surface area contributed by atoms with Crippen LogP contribution in [-0.4, -0.2) is 26.3 Å². The fraction of sp³-hybridized carbons (Fsp3) is 0.400. The van der Waals surface area contributed by atoms with Crippen LogP contribution in [0.15, 0.2) is 59.8 Å². The lowest BCUT2D eigenvalue weighted by molar-refractivity contribution is 0.102. The Labute approximate surface area is 189 Å². The Balaban J connectivity index is 1.79. The molecule has 1 aromatic heterocycles. The number of Topliss-reactive ketones (excluding diaryl/α,β-unsaturated/α-hetero) is 1. The first-order chi connectivity index (χ1) is 14.9. The van der Waals surface area contributed by atoms with Crippen LogP contribution in [0.2, 0.25) is 0 Å². The molecule has 0 radical (unpaired) electrons. The van der Waals surface area contributed by atoms with Crippen LogP contribution in [-0.2, 0) is 6.54 Å². The number of para-hydroxylation sites is 1. The van der Waals surface area contributed by atoms with E-state index >= 15 is 0 Å². The standard InChI is InChI=1S/C25H31N3O2S/c1-17(2)15-28-24(19(5)30-23-14-10-9-13-21(23)18(3)4)26-27-25(28)31-16-22(29)20-11-7-6-8-12-20/h6-14,17-19H,15-16H2,1-5H3. The lowest BCUT2D eigenvalue weighted by Crippen LogP contribution is -2.16. The number of carbonyl (C=O) groups is 1. The fourth-order valence-corrected chi connectivity index (χ4v) is 4.24. The van der Waals surface area contributed by atoms with Crippen LogP contribution in [0.3, 0.4) is 0 Å². The monoisotopic (exact) mass is 437 g/mol. The molecule has 0 spiro atoms. The molecule has 164 valence electrons. The normalized spacial score (nSPS) is 12.4. The van der Waals surface area contributed by atoms with Crippen LogP contribution in [0.4, 0.5) is 0 Å². The van der Waals surface area contributed by atoms with Gasteiger partial charge in [-0.1, -0.05) is 88.0 Å². The molecule has 1 heterocycles. The first-order valence-electron chi connectivity index (χ1n) is 10.8. The number of ketones is 1. The van der Waals surface area contributed by atoms with Gasteiger partial charge in [-0.3, -0.25) is 4.79 Å². The highest BCUT2D eigenvalue weighted by molar-refractivity contribution is 7.99. The first-order valence-corrected chi connectivity index (χ1v) is 11.7. The van der Waals surface area contributed by atoms with Gasteiger partial charge in [0.05, 0.1) is 5.75 Å². The molecular weight excluding hydrogens is 406 g/mol. The maximum atomic E-state index is 12.5. The molecule has 2 aromatic carbocycles. The summed E-state index contributed by atoms with van der Waals surface area (Å²) in [5.41, 5.74) is 1.89. The van der Waals surface area contributed by atoms with E-state index in [0.717, 1.165) is 23.3 Å². The molecule has 0 aliphatic heterocycles. The molecule has 0 aliphatic carbocycles. The van der Waals surface area contributed by atoms with Gasteiger partial charge in [0.1, 0.15) is 5.75 Å². The molecule has 6 heteroatoms. The third-order valence-corrected chi connectivity index (χ3v) is 5.90. The molecule has 31 heavy (non-hydrogen) atoms. The lowest BCUT2D eigenvalue weighted by Gasteiger charge is -2.20. The van der Waals surface area contributed by atoms with Gasteiger partial charge in [0.25, 0.3) is 0 Å². The molecule has 0 amide bonds. The smallest absolute Gasteiger partial charge is 0.191 e. The predicted molar refractivity (Wildman–Crippen MR) is 126 cm³/mol. The molecule has 0 fully saturated rings. The van der Waals surface area contributed by atoms with Crippen LogP contribution >= 0.6 is 11.8 Å². The van der Waals surface area contributed by atoms with Crippen LogP contribution < -0.4 is 4.74 Å². The number of nitrogens with zero attached hydrogens (tertiary/aromatic N) is 3. The number of carbonyl (C=O) groups excluding carboxylic acids is 1. The summed E-state index contributed by atoms with van der Waals surface area (Å²) in [4.78, 5) is 12.5. The highest BCUT2D eigenvalue weighted by Crippen LogP contribution is 2.31. The van der Waals surface area contributed by atoms with Crippen molar-refractivity contribution in [2.75, 3.05) is 5.75 Å². The Morgan fingerprint density at radius 1 is 0.968 bits per heavy atom. The summed E-state index contributed by atoms with van der Waals surface area (Å²) in [5.74, 6) is 2.84. The molecule has 3 rings (SSSR count). The topological polar surface area (TPSA) is 57.0 Å². The van der Waals surface area contributed by atoms with E-state index in [1.165, 1.54) is 17.3 Å². The second-order valence-electron chi connectivity index (χ2n) is 8.38. The number of aromatic nitrogens is 3. The highest BCUT2D eigenvalue weighted by Gasteiger charge is 2.22. The summed E-state index contributed by atoms with van der Waals surface area (Å²) >= 11 is 1.43. The van der Waals surface area contributed by atoms with Crippen molar-refractivity contribution in [2.24, 2.45) is 5.92 Å². The molecule has 5 nitrogen and oxygen atoms in total. The second-order valence-corrected chi connectivity index (χ2v) is 9.32. The van der Waals surface area contributed by atoms with E-state index in [0.29, 0.717) is 23.2 Å². The van der Waals surface area contributed by atoms with Crippen molar-refractivity contribution in [3.63, 3.8) is 0 Å². The molecule has 3 aromatic rings. The zero-order valence-electron chi connectivity index (χ0n) is 18.9. The SMILES string of the molecule is CC(C)Cn1c(SCC(=O)c2ccccc2)nnc1C(C)Oc1ccccc1C(C)C. The van der Waals surface area contributed by atoms with Gasteiger partial charge in [0.15, 0.2) is 22.9 Å². The Hall–Kier alpha value is -2.60. The van der Waals surface area contributed by atoms with Crippen molar-refractivity contribution in [2.45, 2.75) is 58.3 Å². The minimum absolute atomic E-state index is 0.0846. The Kier molecular flexibility index (Phi) is 7.91. The molecule has 1 unspecified atom stereocenters. The fourth-order valence-electron chi connectivity index (χ4n) is 3.39. The van der Waals surface area contributed by atoms with E-state index in [9.17, 15) is 4.79 Å². The molecule has 0 N–H and O–H groups in total. The van der Waals surface area contributed by atoms with Crippen LogP contribution in [0.1, 0.15) is 68.4 Å². The van der Waals surface area contributed by atoms with Crippen LogP contribution in [0, 0.1) is 5.92 Å². The van der Waals surface area contributed by atoms with E-state index in [1.807, 2.05) is 55.5 Å². The quantitative estimate of drug-likeness (QED) is 0.280. The Bertz CT molecular complexity index is 999. The van der Waals surface area contributed by atoms with Crippen molar-refractivity contribution >= 4 is 17.5 Å². The van der Waals surface area contributed by atoms with Gasteiger partial charge in [-0.15, -0.1) is 10.2 Å². The summed E-state index contributed by atoms with van der Waals surface area (Å²) in [6.07, 6.45) is -0.259. The van der Waals surface area contributed by atoms with E-state index in [-0.39, 0.29) is 11.9 Å². The molecule has 1 atom stereocenters. The molecule has 0 bridgehead atoms. The summed E-state index contributed by atoms with van der Waals surface area (Å²) in [5, 5.41) is 9.60. The van der Waals surface area contributed by atoms with Gasteiger partial charge in [-0.05, 0) is 30.4 Å². The highest BCUT2D eigenvalue weighted by atomic mass is 32.2. The molecule has 0 saturated carbocycles. The van der Waals surface area contributed by atoms with Crippen LogP contribution in [0.5, 0.6) is 5.75 Å². The average Bonchev–Trinajstić information content (AvgIpc) is 3.14. The molecular formula is C25H31N3O2S. The van der Waals surface area contributed by atoms with Gasteiger partial charge < -0.3 is 9.30 Å².